The van der Waals surface area contributed by atoms with Crippen molar-refractivity contribution in [3.05, 3.63) is 0 Å². The maximum Gasteiger partial charge on any atom is 0.406 e. The molecule has 0 saturated heterocycles. The first-order chi connectivity index (χ1) is 10.6. The molecular formula is C13H29N4O5P. The van der Waals surface area contributed by atoms with E-state index in [0.717, 1.165) is 0 Å². The molecular weight excluding hydrogens is 323 g/mol. The molecule has 0 aliphatic carbocycles. The number of nitrogens with two attached hydrogens (primary N) is 2. The van der Waals surface area contributed by atoms with E-state index >= 15 is 0 Å². The Balaban J connectivity index is 4.95. The molecule has 9 nitrogen and oxygen atoms in total. The lowest BCUT2D eigenvalue weighted by Crippen LogP contribution is -2.37. The molecule has 23 heavy (non-hydrogen) atoms. The largest absolute Gasteiger partial charge is 0.468 e. The van der Waals surface area contributed by atoms with Gasteiger partial charge in [-0.05, 0) is 40.5 Å². The minimum absolute atomic E-state index is 0.0236. The smallest absolute Gasteiger partial charge is 0.406 e. The van der Waals surface area contributed by atoms with Crippen LogP contribution in [0.4, 0.5) is 0 Å². The second-order valence-corrected chi connectivity index (χ2v) is 7.13. The van der Waals surface area contributed by atoms with Crippen molar-refractivity contribution in [3.63, 3.8) is 0 Å². The quantitative estimate of drug-likeness (QED) is 0.165. The SMILES string of the molecule is COC(=O)[C@H](CCCN=C(N)N)NP(=O)(OC(C)C)OC(C)C. The van der Waals surface area contributed by atoms with E-state index in [1.807, 2.05) is 0 Å². The summed E-state index contributed by atoms with van der Waals surface area (Å²) in [6, 6.07) is -0.850. The molecule has 1 atom stereocenters. The standard InChI is InChI=1S/C13H29N4O5P/c1-9(2)21-23(19,22-10(3)4)17-11(12(18)20-5)7-6-8-16-13(14)15/h9-11H,6-8H2,1-5H3,(H,17,19)(H4,14,15,16)/t11-/m0/s1. The summed E-state index contributed by atoms with van der Waals surface area (Å²) in [7, 11) is -2.40. The number of nitrogens with zero attached hydrogens (tertiary/aromatic N) is 1. The molecule has 10 heteroatoms. The van der Waals surface area contributed by atoms with Gasteiger partial charge in [0.05, 0.1) is 19.3 Å². The molecule has 0 aromatic carbocycles. The van der Waals surface area contributed by atoms with Gasteiger partial charge < -0.3 is 16.2 Å². The third kappa shape index (κ3) is 10.3. The Morgan fingerprint density at radius 3 is 2.09 bits per heavy atom. The van der Waals surface area contributed by atoms with Gasteiger partial charge in [0, 0.05) is 6.54 Å². The highest BCUT2D eigenvalue weighted by Gasteiger charge is 2.34. The molecule has 0 bridgehead atoms. The topological polar surface area (TPSA) is 138 Å². The highest BCUT2D eigenvalue weighted by molar-refractivity contribution is 7.51. The van der Waals surface area contributed by atoms with E-state index in [2.05, 4.69) is 10.1 Å². The molecule has 0 aliphatic heterocycles. The van der Waals surface area contributed by atoms with Crippen LogP contribution >= 0.6 is 7.75 Å². The molecule has 5 N–H and O–H groups in total. The number of guanidine groups is 1. The van der Waals surface area contributed by atoms with Gasteiger partial charge in [0.15, 0.2) is 5.96 Å². The van der Waals surface area contributed by atoms with Crippen molar-refractivity contribution >= 4 is 19.7 Å². The number of rotatable bonds is 11. The molecule has 0 saturated carbocycles. The van der Waals surface area contributed by atoms with Gasteiger partial charge >= 0.3 is 13.7 Å². The van der Waals surface area contributed by atoms with E-state index in [1.165, 1.54) is 7.11 Å². The third-order valence-electron chi connectivity index (χ3n) is 2.44. The number of carbonyl (C=O) groups excluding carboxylic acids is 1. The van der Waals surface area contributed by atoms with Crippen molar-refractivity contribution in [1.29, 1.82) is 0 Å². The second kappa shape index (κ2) is 10.6. The van der Waals surface area contributed by atoms with E-state index in [9.17, 15) is 9.36 Å². The lowest BCUT2D eigenvalue weighted by atomic mass is 10.2. The van der Waals surface area contributed by atoms with Gasteiger partial charge in [0.25, 0.3) is 0 Å². The lowest BCUT2D eigenvalue weighted by molar-refractivity contribution is -0.143. The summed E-state index contributed by atoms with van der Waals surface area (Å²) in [5, 5.41) is 2.66. The van der Waals surface area contributed by atoms with Gasteiger partial charge in [-0.3, -0.25) is 18.8 Å². The van der Waals surface area contributed by atoms with Gasteiger partial charge in [-0.2, -0.15) is 0 Å². The summed E-state index contributed by atoms with van der Waals surface area (Å²) in [6.07, 6.45) is 0.128. The molecule has 0 aromatic rings. The third-order valence-corrected chi connectivity index (χ3v) is 4.47. The van der Waals surface area contributed by atoms with E-state index in [1.54, 1.807) is 27.7 Å². The average Bonchev–Trinajstić information content (AvgIpc) is 2.38. The molecule has 0 fully saturated rings. The summed E-state index contributed by atoms with van der Waals surface area (Å²) in [6.45, 7) is 7.25. The normalized spacial score (nSPS) is 13.2. The molecule has 136 valence electrons. The van der Waals surface area contributed by atoms with E-state index in [0.29, 0.717) is 19.4 Å². The van der Waals surface area contributed by atoms with Crippen molar-refractivity contribution in [2.45, 2.75) is 58.8 Å². The van der Waals surface area contributed by atoms with Gasteiger partial charge in [-0.25, -0.2) is 9.65 Å². The number of nitrogens with one attached hydrogen (secondary N) is 1. The molecule has 0 unspecified atom stereocenters. The fraction of sp³-hybridized carbons (Fsp3) is 0.846. The van der Waals surface area contributed by atoms with Crippen molar-refractivity contribution in [1.82, 2.24) is 5.09 Å². The van der Waals surface area contributed by atoms with E-state index in [4.69, 9.17) is 25.3 Å². The number of hydrogen-bond acceptors (Lipinski definition) is 6. The van der Waals surface area contributed by atoms with Gasteiger partial charge in [-0.15, -0.1) is 0 Å². The van der Waals surface area contributed by atoms with Gasteiger partial charge in [0.2, 0.25) is 0 Å². The monoisotopic (exact) mass is 352 g/mol. The zero-order valence-electron chi connectivity index (χ0n) is 14.4. The summed E-state index contributed by atoms with van der Waals surface area (Å²) in [4.78, 5) is 15.7. The highest BCUT2D eigenvalue weighted by atomic mass is 31.2. The van der Waals surface area contributed by atoms with Crippen LogP contribution in [0.5, 0.6) is 0 Å². The van der Waals surface area contributed by atoms with Gasteiger partial charge in [-0.1, -0.05) is 0 Å². The number of ether oxygens (including phenoxy) is 1. The predicted octanol–water partition coefficient (Wildman–Crippen LogP) is 1.13. The molecule has 0 heterocycles. The van der Waals surface area contributed by atoms with Crippen LogP contribution in [-0.4, -0.2) is 43.8 Å². The van der Waals surface area contributed by atoms with Crippen molar-refractivity contribution < 1.29 is 23.1 Å². The Bertz CT molecular complexity index is 424. The average molecular weight is 352 g/mol. The lowest BCUT2D eigenvalue weighted by Gasteiger charge is -2.26. The Kier molecular flexibility index (Phi) is 10.1. The molecule has 0 rings (SSSR count). The Morgan fingerprint density at radius 1 is 1.17 bits per heavy atom. The van der Waals surface area contributed by atoms with E-state index in [-0.39, 0.29) is 18.2 Å². The van der Waals surface area contributed by atoms with Crippen LogP contribution in [0.15, 0.2) is 4.99 Å². The number of aliphatic imine (C=N–C) groups is 1. The summed E-state index contributed by atoms with van der Waals surface area (Å²) < 4.78 is 28.2. The fourth-order valence-electron chi connectivity index (χ4n) is 1.71. The highest BCUT2D eigenvalue weighted by Crippen LogP contribution is 2.47. The van der Waals surface area contributed by atoms with Crippen LogP contribution in [-0.2, 0) is 23.1 Å². The van der Waals surface area contributed by atoms with Crippen LogP contribution in [0.25, 0.3) is 0 Å². The second-order valence-electron chi connectivity index (χ2n) is 5.46. The van der Waals surface area contributed by atoms with Crippen molar-refractivity contribution in [2.24, 2.45) is 16.5 Å². The van der Waals surface area contributed by atoms with Crippen molar-refractivity contribution in [3.8, 4) is 0 Å². The Morgan fingerprint density at radius 2 is 1.70 bits per heavy atom. The van der Waals surface area contributed by atoms with E-state index < -0.39 is 19.8 Å². The molecule has 0 radical (unpaired) electrons. The van der Waals surface area contributed by atoms with Gasteiger partial charge in [0.1, 0.15) is 6.04 Å². The van der Waals surface area contributed by atoms with Crippen LogP contribution in [0.1, 0.15) is 40.5 Å². The Hall–Kier alpha value is -1.15. The minimum Gasteiger partial charge on any atom is -0.468 e. The molecule has 0 aromatic heterocycles. The van der Waals surface area contributed by atoms with Crippen LogP contribution in [0.3, 0.4) is 0 Å². The Labute approximate surface area is 137 Å². The molecule has 0 aliphatic rings. The van der Waals surface area contributed by atoms with Crippen LogP contribution < -0.4 is 16.6 Å². The zero-order chi connectivity index (χ0) is 18.0. The van der Waals surface area contributed by atoms with Crippen LogP contribution in [0, 0.1) is 0 Å². The first-order valence-electron chi connectivity index (χ1n) is 7.47. The number of methoxy groups -OCH3 is 1. The fourth-order valence-corrected chi connectivity index (χ4v) is 3.61. The first-order valence-corrected chi connectivity index (χ1v) is 9.01. The summed E-state index contributed by atoms with van der Waals surface area (Å²) in [5.74, 6) is -0.584. The maximum absolute atomic E-state index is 12.8. The molecule has 0 amide bonds. The maximum atomic E-state index is 12.8. The number of carbonyl (C=O) groups is 1. The summed E-state index contributed by atoms with van der Waals surface area (Å²) >= 11 is 0. The predicted molar refractivity (Wildman–Crippen MR) is 88.9 cm³/mol. The van der Waals surface area contributed by atoms with Crippen LogP contribution in [0.2, 0.25) is 0 Å². The van der Waals surface area contributed by atoms with Crippen molar-refractivity contribution in [2.75, 3.05) is 13.7 Å². The first kappa shape index (κ1) is 21.9. The summed E-state index contributed by atoms with van der Waals surface area (Å²) in [5.41, 5.74) is 10.5. The molecule has 0 spiro atoms. The number of hydrogen-bond donors (Lipinski definition) is 3. The zero-order valence-corrected chi connectivity index (χ0v) is 15.3. The minimum atomic E-state index is -3.66. The number of esters is 1.